The van der Waals surface area contributed by atoms with Gasteiger partial charge in [-0.25, -0.2) is 0 Å². The van der Waals surface area contributed by atoms with Crippen molar-refractivity contribution in [2.45, 2.75) is 51.1 Å². The quantitative estimate of drug-likeness (QED) is 0.693. The van der Waals surface area contributed by atoms with E-state index in [9.17, 15) is 9.59 Å². The molecule has 6 heteroatoms. The number of nitrogens with two attached hydrogens (primary N) is 1. The molecule has 5 nitrogen and oxygen atoms in total. The largest absolute Gasteiger partial charge is 0.352 e. The summed E-state index contributed by atoms with van der Waals surface area (Å²) in [6.07, 6.45) is 6.64. The summed E-state index contributed by atoms with van der Waals surface area (Å²) in [7, 11) is 0. The third kappa shape index (κ3) is 5.44. The molecule has 2 saturated carbocycles. The monoisotopic (exact) mass is 365 g/mol. The molecule has 138 valence electrons. The maximum Gasteiger partial charge on any atom is 0.251 e. The van der Waals surface area contributed by atoms with Crippen LogP contribution in [0.5, 0.6) is 0 Å². The highest BCUT2D eigenvalue weighted by atomic mass is 35.5. The second kappa shape index (κ2) is 9.20. The summed E-state index contributed by atoms with van der Waals surface area (Å²) < 4.78 is 0. The maximum absolute atomic E-state index is 12.3. The maximum atomic E-state index is 12.3. The molecule has 0 radical (unpaired) electrons. The van der Waals surface area contributed by atoms with E-state index in [4.69, 9.17) is 5.73 Å². The van der Waals surface area contributed by atoms with Crippen LogP contribution in [0.4, 0.5) is 0 Å². The van der Waals surface area contributed by atoms with Gasteiger partial charge in [0.05, 0.1) is 0 Å². The molecule has 0 aromatic heterocycles. The topological polar surface area (TPSA) is 84.2 Å². The van der Waals surface area contributed by atoms with E-state index < -0.39 is 0 Å². The van der Waals surface area contributed by atoms with E-state index >= 15 is 0 Å². The van der Waals surface area contributed by atoms with Crippen molar-refractivity contribution in [1.29, 1.82) is 0 Å². The highest BCUT2D eigenvalue weighted by molar-refractivity contribution is 5.94. The van der Waals surface area contributed by atoms with Gasteiger partial charge in [-0.1, -0.05) is 25.0 Å². The first kappa shape index (κ1) is 19.7. The molecule has 2 fully saturated rings. The molecular weight excluding hydrogens is 338 g/mol. The summed E-state index contributed by atoms with van der Waals surface area (Å²) in [5, 5.41) is 6.02. The van der Waals surface area contributed by atoms with Crippen LogP contribution in [0.25, 0.3) is 0 Å². The van der Waals surface area contributed by atoms with Gasteiger partial charge >= 0.3 is 0 Å². The van der Waals surface area contributed by atoms with Crippen LogP contribution in [-0.2, 0) is 11.3 Å². The lowest BCUT2D eigenvalue weighted by molar-refractivity contribution is -0.124. The van der Waals surface area contributed by atoms with Crippen LogP contribution < -0.4 is 16.4 Å². The van der Waals surface area contributed by atoms with Crippen LogP contribution in [0.2, 0.25) is 0 Å². The minimum Gasteiger partial charge on any atom is -0.352 e. The molecule has 0 saturated heterocycles. The molecular formula is C19H28ClN3O2. The number of halogens is 1. The van der Waals surface area contributed by atoms with Gasteiger partial charge in [-0.2, -0.15) is 0 Å². The smallest absolute Gasteiger partial charge is 0.251 e. The molecule has 25 heavy (non-hydrogen) atoms. The van der Waals surface area contributed by atoms with Gasteiger partial charge in [-0.3, -0.25) is 9.59 Å². The Hall–Kier alpha value is -1.59. The van der Waals surface area contributed by atoms with Crippen molar-refractivity contribution in [2.75, 3.05) is 6.54 Å². The van der Waals surface area contributed by atoms with Crippen molar-refractivity contribution in [3.8, 4) is 0 Å². The number of hydrogen-bond acceptors (Lipinski definition) is 3. The van der Waals surface area contributed by atoms with Gasteiger partial charge in [0.15, 0.2) is 0 Å². The van der Waals surface area contributed by atoms with E-state index in [1.54, 1.807) is 0 Å². The van der Waals surface area contributed by atoms with Crippen molar-refractivity contribution in [3.63, 3.8) is 0 Å². The molecule has 0 spiro atoms. The number of rotatable bonds is 7. The van der Waals surface area contributed by atoms with Gasteiger partial charge in [0.2, 0.25) is 5.91 Å². The van der Waals surface area contributed by atoms with E-state index in [1.807, 2.05) is 24.3 Å². The minimum absolute atomic E-state index is 0. The van der Waals surface area contributed by atoms with Gasteiger partial charge < -0.3 is 16.4 Å². The van der Waals surface area contributed by atoms with Gasteiger partial charge in [-0.15, -0.1) is 12.4 Å². The fourth-order valence-corrected chi connectivity index (χ4v) is 3.42. The highest BCUT2D eigenvalue weighted by Gasteiger charge is 2.31. The van der Waals surface area contributed by atoms with Gasteiger partial charge in [-0.05, 0) is 49.3 Å². The first-order valence-corrected chi connectivity index (χ1v) is 9.05. The molecule has 1 aromatic carbocycles. The van der Waals surface area contributed by atoms with E-state index in [0.29, 0.717) is 24.6 Å². The molecule has 1 unspecified atom stereocenters. The van der Waals surface area contributed by atoms with Crippen LogP contribution >= 0.6 is 12.4 Å². The Morgan fingerprint density at radius 2 is 1.72 bits per heavy atom. The van der Waals surface area contributed by atoms with Crippen molar-refractivity contribution in [3.05, 3.63) is 35.4 Å². The second-order valence-corrected chi connectivity index (χ2v) is 7.05. The standard InChI is InChI=1S/C19H27N3O2.ClH/c20-11-17(14-9-10-14)22-19(24)16-7-5-13(6-8-16)12-21-18(23)15-3-1-2-4-15;/h5-8,14-15,17H,1-4,9-12,20H2,(H,21,23)(H,22,24);1H. The van der Waals surface area contributed by atoms with Gasteiger partial charge in [0, 0.05) is 30.6 Å². The van der Waals surface area contributed by atoms with Crippen LogP contribution in [0.15, 0.2) is 24.3 Å². The summed E-state index contributed by atoms with van der Waals surface area (Å²) in [5.74, 6) is 0.818. The van der Waals surface area contributed by atoms with Crippen molar-refractivity contribution in [1.82, 2.24) is 10.6 Å². The average molecular weight is 366 g/mol. The zero-order valence-corrected chi connectivity index (χ0v) is 15.3. The number of hydrogen-bond donors (Lipinski definition) is 3. The Labute approximate surface area is 155 Å². The first-order valence-electron chi connectivity index (χ1n) is 9.05. The number of carbonyl (C=O) groups excluding carboxylic acids is 2. The lowest BCUT2D eigenvalue weighted by Crippen LogP contribution is -2.41. The Morgan fingerprint density at radius 3 is 2.28 bits per heavy atom. The minimum atomic E-state index is -0.0705. The third-order valence-corrected chi connectivity index (χ3v) is 5.17. The van der Waals surface area contributed by atoms with Gasteiger partial charge in [0.25, 0.3) is 5.91 Å². The van der Waals surface area contributed by atoms with E-state index in [1.165, 1.54) is 0 Å². The molecule has 1 aromatic rings. The fourth-order valence-electron chi connectivity index (χ4n) is 3.42. The lowest BCUT2D eigenvalue weighted by Gasteiger charge is -2.16. The summed E-state index contributed by atoms with van der Waals surface area (Å²) >= 11 is 0. The van der Waals surface area contributed by atoms with Crippen LogP contribution in [-0.4, -0.2) is 24.4 Å². The molecule has 0 heterocycles. The Bertz CT molecular complexity index is 581. The number of benzene rings is 1. The van der Waals surface area contributed by atoms with E-state index in [0.717, 1.165) is 44.1 Å². The lowest BCUT2D eigenvalue weighted by atomic mass is 10.1. The normalized spacial score (nSPS) is 18.3. The highest BCUT2D eigenvalue weighted by Crippen LogP contribution is 2.32. The van der Waals surface area contributed by atoms with Crippen molar-refractivity contribution < 1.29 is 9.59 Å². The number of nitrogens with one attached hydrogen (secondary N) is 2. The van der Waals surface area contributed by atoms with Crippen molar-refractivity contribution >= 4 is 24.2 Å². The molecule has 2 aliphatic carbocycles. The average Bonchev–Trinajstić information content (AvgIpc) is 3.30. The molecule has 0 aliphatic heterocycles. The zero-order chi connectivity index (χ0) is 16.9. The fraction of sp³-hybridized carbons (Fsp3) is 0.579. The van der Waals surface area contributed by atoms with Gasteiger partial charge in [0.1, 0.15) is 0 Å². The molecule has 0 bridgehead atoms. The van der Waals surface area contributed by atoms with Crippen LogP contribution in [0.1, 0.15) is 54.4 Å². The zero-order valence-electron chi connectivity index (χ0n) is 14.5. The van der Waals surface area contributed by atoms with E-state index in [-0.39, 0.29) is 36.2 Å². The van der Waals surface area contributed by atoms with Crippen LogP contribution in [0.3, 0.4) is 0 Å². The Balaban J connectivity index is 0.00000225. The summed E-state index contributed by atoms with van der Waals surface area (Å²) in [4.78, 5) is 24.3. The summed E-state index contributed by atoms with van der Waals surface area (Å²) in [6.45, 7) is 1.01. The number of amides is 2. The summed E-state index contributed by atoms with van der Waals surface area (Å²) in [5.41, 5.74) is 7.38. The summed E-state index contributed by atoms with van der Waals surface area (Å²) in [6, 6.07) is 7.51. The predicted molar refractivity (Wildman–Crippen MR) is 101 cm³/mol. The second-order valence-electron chi connectivity index (χ2n) is 7.05. The molecule has 2 aliphatic rings. The SMILES string of the molecule is Cl.NCC(NC(=O)c1ccc(CNC(=O)C2CCCC2)cc1)C1CC1. The van der Waals surface area contributed by atoms with Crippen LogP contribution in [0, 0.1) is 11.8 Å². The Kier molecular flexibility index (Phi) is 7.26. The molecule has 1 atom stereocenters. The van der Waals surface area contributed by atoms with Crippen molar-refractivity contribution in [2.24, 2.45) is 17.6 Å². The molecule has 2 amide bonds. The van der Waals surface area contributed by atoms with E-state index in [2.05, 4.69) is 10.6 Å². The molecule has 3 rings (SSSR count). The molecule has 4 N–H and O–H groups in total. The number of carbonyl (C=O) groups is 2. The Morgan fingerprint density at radius 1 is 1.08 bits per heavy atom. The third-order valence-electron chi connectivity index (χ3n) is 5.17. The predicted octanol–water partition coefficient (Wildman–Crippen LogP) is 2.38. The first-order chi connectivity index (χ1) is 11.7.